The van der Waals surface area contributed by atoms with E-state index in [4.69, 9.17) is 0 Å². The Morgan fingerprint density at radius 3 is 1.86 bits per heavy atom. The smallest absolute Gasteiger partial charge is 0.243 e. The molecule has 2 amide bonds. The van der Waals surface area contributed by atoms with Crippen LogP contribution in [0, 0.1) is 5.82 Å². The highest BCUT2D eigenvalue weighted by molar-refractivity contribution is 5.88. The highest BCUT2D eigenvalue weighted by atomic mass is 19.1. The second kappa shape index (κ2) is 12.8. The van der Waals surface area contributed by atoms with Gasteiger partial charge < -0.3 is 10.2 Å². The first kappa shape index (κ1) is 26.1. The average molecular weight is 475 g/mol. The third kappa shape index (κ3) is 7.25. The van der Waals surface area contributed by atoms with Gasteiger partial charge in [-0.2, -0.15) is 0 Å². The number of carbonyl (C=O) groups is 2. The van der Waals surface area contributed by atoms with Crippen LogP contribution in [0.5, 0.6) is 0 Å². The second-order valence-electron chi connectivity index (χ2n) is 8.97. The zero-order valence-corrected chi connectivity index (χ0v) is 20.8. The summed E-state index contributed by atoms with van der Waals surface area (Å²) in [7, 11) is 0. The predicted octanol–water partition coefficient (Wildman–Crippen LogP) is 6.07. The Kier molecular flexibility index (Phi) is 9.59. The Hall–Kier alpha value is -3.47. The summed E-state index contributed by atoms with van der Waals surface area (Å²) in [5.41, 5.74) is 2.88. The Morgan fingerprint density at radius 1 is 0.829 bits per heavy atom. The molecule has 0 saturated carbocycles. The molecule has 2 atom stereocenters. The van der Waals surface area contributed by atoms with E-state index in [1.165, 1.54) is 12.1 Å². The molecule has 1 N–H and O–H groups in total. The second-order valence-corrected chi connectivity index (χ2v) is 8.97. The van der Waals surface area contributed by atoms with Crippen LogP contribution < -0.4 is 5.32 Å². The lowest BCUT2D eigenvalue weighted by atomic mass is 9.88. The number of rotatable bonds is 11. The Bertz CT molecular complexity index is 1030. The van der Waals surface area contributed by atoms with Gasteiger partial charge in [0.05, 0.1) is 0 Å². The Morgan fingerprint density at radius 2 is 1.37 bits per heavy atom. The van der Waals surface area contributed by atoms with E-state index < -0.39 is 6.04 Å². The van der Waals surface area contributed by atoms with Gasteiger partial charge in [0.1, 0.15) is 11.9 Å². The van der Waals surface area contributed by atoms with Crippen molar-refractivity contribution in [2.24, 2.45) is 0 Å². The molecule has 0 aliphatic heterocycles. The summed E-state index contributed by atoms with van der Waals surface area (Å²) >= 11 is 0. The van der Waals surface area contributed by atoms with Crippen molar-refractivity contribution in [2.45, 2.75) is 64.6 Å². The molecule has 3 rings (SSSR count). The van der Waals surface area contributed by atoms with Crippen LogP contribution in [0.1, 0.15) is 62.6 Å². The molecule has 0 radical (unpaired) electrons. The molecule has 0 unspecified atom stereocenters. The maximum Gasteiger partial charge on any atom is 0.243 e. The summed E-state index contributed by atoms with van der Waals surface area (Å²) in [6, 6.07) is 25.4. The molecular formula is C30H35FN2O2. The number of carbonyl (C=O) groups excluding carboxylic acids is 2. The van der Waals surface area contributed by atoms with Crippen LogP contribution >= 0.6 is 0 Å². The lowest BCUT2D eigenvalue weighted by Gasteiger charge is -2.33. The van der Waals surface area contributed by atoms with Crippen molar-refractivity contribution in [1.82, 2.24) is 10.2 Å². The van der Waals surface area contributed by atoms with E-state index in [9.17, 15) is 14.0 Å². The zero-order valence-electron chi connectivity index (χ0n) is 20.8. The number of hydrogen-bond acceptors (Lipinski definition) is 2. The van der Waals surface area contributed by atoms with Crippen LogP contribution in [0.25, 0.3) is 0 Å². The van der Waals surface area contributed by atoms with Crippen LogP contribution in [0.2, 0.25) is 0 Å². The molecule has 0 spiro atoms. The highest BCUT2D eigenvalue weighted by Crippen LogP contribution is 2.29. The lowest BCUT2D eigenvalue weighted by Crippen LogP contribution is -2.51. The van der Waals surface area contributed by atoms with Crippen molar-refractivity contribution in [3.8, 4) is 0 Å². The van der Waals surface area contributed by atoms with E-state index in [-0.39, 0.29) is 42.6 Å². The number of nitrogens with one attached hydrogen (secondary N) is 1. The van der Waals surface area contributed by atoms with Gasteiger partial charge in [0.25, 0.3) is 0 Å². The maximum absolute atomic E-state index is 13.9. The topological polar surface area (TPSA) is 49.4 Å². The summed E-state index contributed by atoms with van der Waals surface area (Å²) in [5.74, 6) is -0.747. The van der Waals surface area contributed by atoms with Crippen molar-refractivity contribution in [3.05, 3.63) is 107 Å². The minimum absolute atomic E-state index is 0.0145. The van der Waals surface area contributed by atoms with Crippen molar-refractivity contribution < 1.29 is 14.0 Å². The maximum atomic E-state index is 13.9. The molecule has 0 heterocycles. The quantitative estimate of drug-likeness (QED) is 0.367. The van der Waals surface area contributed by atoms with Crippen molar-refractivity contribution in [1.29, 1.82) is 0 Å². The van der Waals surface area contributed by atoms with Gasteiger partial charge in [0.2, 0.25) is 11.8 Å². The molecule has 35 heavy (non-hydrogen) atoms. The van der Waals surface area contributed by atoms with Crippen molar-refractivity contribution in [2.75, 3.05) is 0 Å². The van der Waals surface area contributed by atoms with Crippen LogP contribution in [0.15, 0.2) is 84.9 Å². The summed E-state index contributed by atoms with van der Waals surface area (Å²) in [6.07, 6.45) is 1.51. The van der Waals surface area contributed by atoms with E-state index in [0.29, 0.717) is 6.42 Å². The number of halogens is 1. The minimum atomic E-state index is -0.617. The first-order chi connectivity index (χ1) is 16.9. The lowest BCUT2D eigenvalue weighted by molar-refractivity contribution is -0.141. The fourth-order valence-electron chi connectivity index (χ4n) is 4.24. The molecule has 0 bridgehead atoms. The van der Waals surface area contributed by atoms with Crippen molar-refractivity contribution >= 4 is 11.8 Å². The SMILES string of the molecule is CC[C@@H](C)NC(=O)[C@@H](CC)N(Cc1ccc(F)cc1)C(=O)CC(c1ccccc1)c1ccccc1. The fraction of sp³-hybridized carbons (Fsp3) is 0.333. The number of nitrogens with zero attached hydrogens (tertiary/aromatic N) is 1. The molecule has 5 heteroatoms. The Labute approximate surface area is 208 Å². The monoisotopic (exact) mass is 474 g/mol. The van der Waals surface area contributed by atoms with Gasteiger partial charge in [-0.25, -0.2) is 4.39 Å². The third-order valence-electron chi connectivity index (χ3n) is 6.44. The Balaban J connectivity index is 1.94. The molecular weight excluding hydrogens is 439 g/mol. The fourth-order valence-corrected chi connectivity index (χ4v) is 4.24. The van der Waals surface area contributed by atoms with E-state index in [0.717, 1.165) is 23.1 Å². The number of amides is 2. The van der Waals surface area contributed by atoms with Gasteiger partial charge in [-0.1, -0.05) is 86.6 Å². The van der Waals surface area contributed by atoms with Gasteiger partial charge >= 0.3 is 0 Å². The first-order valence-electron chi connectivity index (χ1n) is 12.4. The standard InChI is InChI=1S/C30H35FN2O2/c1-4-22(3)32-30(35)28(5-2)33(21-23-16-18-26(31)19-17-23)29(34)20-27(24-12-8-6-9-13-24)25-14-10-7-11-15-25/h6-19,22,27-28H,4-5,20-21H2,1-3H3,(H,32,35)/t22-,28-/m1/s1. The third-order valence-corrected chi connectivity index (χ3v) is 6.44. The van der Waals surface area contributed by atoms with E-state index in [2.05, 4.69) is 5.32 Å². The molecule has 184 valence electrons. The van der Waals surface area contributed by atoms with E-state index in [1.807, 2.05) is 81.4 Å². The number of hydrogen-bond donors (Lipinski definition) is 1. The molecule has 3 aromatic rings. The molecule has 0 aliphatic rings. The van der Waals surface area contributed by atoms with Crippen molar-refractivity contribution in [3.63, 3.8) is 0 Å². The molecule has 0 saturated heterocycles. The first-order valence-corrected chi connectivity index (χ1v) is 12.4. The van der Waals surface area contributed by atoms with Crippen LogP contribution in [-0.2, 0) is 16.1 Å². The zero-order chi connectivity index (χ0) is 25.2. The molecule has 0 aromatic heterocycles. The van der Waals surface area contributed by atoms with Crippen LogP contribution in [0.4, 0.5) is 4.39 Å². The van der Waals surface area contributed by atoms with E-state index >= 15 is 0 Å². The summed E-state index contributed by atoms with van der Waals surface area (Å²) in [4.78, 5) is 28.8. The van der Waals surface area contributed by atoms with Crippen LogP contribution in [0.3, 0.4) is 0 Å². The molecule has 3 aromatic carbocycles. The summed E-state index contributed by atoms with van der Waals surface area (Å²) in [5, 5.41) is 3.03. The minimum Gasteiger partial charge on any atom is -0.352 e. The summed E-state index contributed by atoms with van der Waals surface area (Å²) in [6.45, 7) is 6.12. The predicted molar refractivity (Wildman–Crippen MR) is 138 cm³/mol. The number of benzene rings is 3. The normalized spacial score (nSPS) is 12.7. The van der Waals surface area contributed by atoms with Gasteiger partial charge in [0.15, 0.2) is 0 Å². The van der Waals surface area contributed by atoms with Crippen LogP contribution in [-0.4, -0.2) is 28.8 Å². The van der Waals surface area contributed by atoms with Gasteiger partial charge in [0, 0.05) is 24.9 Å². The molecule has 0 fully saturated rings. The van der Waals surface area contributed by atoms with Gasteiger partial charge in [-0.15, -0.1) is 0 Å². The van der Waals surface area contributed by atoms with Gasteiger partial charge in [-0.05, 0) is 48.6 Å². The average Bonchev–Trinajstić information content (AvgIpc) is 2.89. The molecule has 4 nitrogen and oxygen atoms in total. The molecule has 0 aliphatic carbocycles. The van der Waals surface area contributed by atoms with E-state index in [1.54, 1.807) is 17.0 Å². The summed E-state index contributed by atoms with van der Waals surface area (Å²) < 4.78 is 13.5. The largest absolute Gasteiger partial charge is 0.352 e. The highest BCUT2D eigenvalue weighted by Gasteiger charge is 2.31. The van der Waals surface area contributed by atoms with Gasteiger partial charge in [-0.3, -0.25) is 9.59 Å².